The van der Waals surface area contributed by atoms with E-state index >= 15 is 0 Å². The van der Waals surface area contributed by atoms with Crippen molar-refractivity contribution >= 4 is 11.8 Å². The number of benzene rings is 1. The first kappa shape index (κ1) is 13.9. The van der Waals surface area contributed by atoms with Crippen LogP contribution in [0.15, 0.2) is 12.1 Å². The summed E-state index contributed by atoms with van der Waals surface area (Å²) < 4.78 is 0. The number of aliphatic hydroxyl groups is 1. The normalized spacial score (nSPS) is 23.1. The van der Waals surface area contributed by atoms with Crippen molar-refractivity contribution in [1.29, 1.82) is 0 Å². The molecule has 0 bridgehead atoms. The molecule has 2 rings (SSSR count). The smallest absolute Gasteiger partial charge is 0.0955 e. The first-order chi connectivity index (χ1) is 8.50. The highest BCUT2D eigenvalue weighted by Crippen LogP contribution is 2.29. The van der Waals surface area contributed by atoms with Crippen molar-refractivity contribution in [3.05, 3.63) is 34.4 Å². The highest BCUT2D eigenvalue weighted by Gasteiger charge is 2.28. The van der Waals surface area contributed by atoms with Crippen LogP contribution in [0.1, 0.15) is 28.4 Å². The summed E-state index contributed by atoms with van der Waals surface area (Å²) in [6.45, 7) is 7.41. The van der Waals surface area contributed by atoms with Crippen LogP contribution in [0.5, 0.6) is 0 Å². The Morgan fingerprint density at radius 3 is 2.56 bits per heavy atom. The average Bonchev–Trinajstić information content (AvgIpc) is 2.33. The van der Waals surface area contributed by atoms with Crippen molar-refractivity contribution in [3.8, 4) is 0 Å². The number of likely N-dealkylation sites (N-methyl/N-ethyl adjacent to an activating group) is 1. The predicted octanol–water partition coefficient (Wildman–Crippen LogP) is 2.69. The molecule has 3 heteroatoms. The monoisotopic (exact) mass is 265 g/mol. The van der Waals surface area contributed by atoms with Gasteiger partial charge in [0.25, 0.3) is 0 Å². The number of nitrogens with zero attached hydrogens (tertiary/aromatic N) is 1. The Morgan fingerprint density at radius 1 is 1.22 bits per heavy atom. The van der Waals surface area contributed by atoms with Crippen LogP contribution in [0.3, 0.4) is 0 Å². The van der Waals surface area contributed by atoms with Crippen molar-refractivity contribution in [2.24, 2.45) is 0 Å². The van der Waals surface area contributed by atoms with E-state index in [1.807, 2.05) is 11.8 Å². The number of hydrogen-bond donors (Lipinski definition) is 1. The summed E-state index contributed by atoms with van der Waals surface area (Å²) in [6.07, 6.45) is -0.373. The van der Waals surface area contributed by atoms with Gasteiger partial charge in [-0.2, -0.15) is 11.8 Å². The Bertz CT molecular complexity index is 433. The van der Waals surface area contributed by atoms with E-state index < -0.39 is 0 Å². The first-order valence-corrected chi connectivity index (χ1v) is 7.70. The number of aryl methyl sites for hydroxylation is 3. The molecule has 1 heterocycles. The number of rotatable bonds is 2. The molecule has 0 radical (unpaired) electrons. The summed E-state index contributed by atoms with van der Waals surface area (Å²) in [7, 11) is 2.12. The van der Waals surface area contributed by atoms with E-state index in [0.717, 1.165) is 17.9 Å². The zero-order chi connectivity index (χ0) is 13.3. The molecule has 1 N–H and O–H groups in total. The van der Waals surface area contributed by atoms with Gasteiger partial charge in [-0.1, -0.05) is 12.1 Å². The van der Waals surface area contributed by atoms with E-state index in [1.54, 1.807) is 0 Å². The Labute approximate surface area is 114 Å². The molecule has 1 aliphatic heterocycles. The molecule has 0 amide bonds. The van der Waals surface area contributed by atoms with Crippen molar-refractivity contribution in [2.75, 3.05) is 25.1 Å². The molecule has 1 fully saturated rings. The number of thioether (sulfide) groups is 1. The summed E-state index contributed by atoms with van der Waals surface area (Å²) in [4.78, 5) is 2.29. The lowest BCUT2D eigenvalue weighted by Crippen LogP contribution is -2.43. The lowest BCUT2D eigenvalue weighted by Gasteiger charge is -2.36. The summed E-state index contributed by atoms with van der Waals surface area (Å²) in [5, 5.41) is 10.7. The van der Waals surface area contributed by atoms with Gasteiger partial charge in [-0.15, -0.1) is 0 Å². The average molecular weight is 265 g/mol. The Hall–Kier alpha value is -0.510. The lowest BCUT2D eigenvalue weighted by molar-refractivity contribution is 0.0753. The Morgan fingerprint density at radius 2 is 1.89 bits per heavy atom. The number of hydrogen-bond acceptors (Lipinski definition) is 3. The van der Waals surface area contributed by atoms with E-state index in [9.17, 15) is 5.11 Å². The molecule has 1 aromatic rings. The van der Waals surface area contributed by atoms with Gasteiger partial charge in [-0.05, 0) is 50.1 Å². The molecule has 0 saturated carbocycles. The molecule has 0 aromatic heterocycles. The second-order valence-electron chi connectivity index (χ2n) is 5.36. The zero-order valence-electron chi connectivity index (χ0n) is 11.7. The van der Waals surface area contributed by atoms with Gasteiger partial charge in [-0.25, -0.2) is 0 Å². The third-order valence-electron chi connectivity index (χ3n) is 4.01. The topological polar surface area (TPSA) is 23.5 Å². The van der Waals surface area contributed by atoms with Gasteiger partial charge in [0, 0.05) is 24.1 Å². The highest BCUT2D eigenvalue weighted by molar-refractivity contribution is 7.99. The van der Waals surface area contributed by atoms with Crippen LogP contribution in [-0.4, -0.2) is 41.1 Å². The van der Waals surface area contributed by atoms with Gasteiger partial charge in [0.2, 0.25) is 0 Å². The molecule has 2 nitrogen and oxygen atoms in total. The van der Waals surface area contributed by atoms with Crippen LogP contribution in [0.2, 0.25) is 0 Å². The second kappa shape index (κ2) is 5.64. The maximum Gasteiger partial charge on any atom is 0.0955 e. The fourth-order valence-electron chi connectivity index (χ4n) is 2.55. The molecule has 0 aliphatic carbocycles. The van der Waals surface area contributed by atoms with E-state index in [4.69, 9.17) is 0 Å². The highest BCUT2D eigenvalue weighted by atomic mass is 32.2. The van der Waals surface area contributed by atoms with Crippen molar-refractivity contribution in [1.82, 2.24) is 4.90 Å². The molecular weight excluding hydrogens is 242 g/mol. The molecule has 2 unspecified atom stereocenters. The van der Waals surface area contributed by atoms with Crippen LogP contribution >= 0.6 is 11.8 Å². The fraction of sp³-hybridized carbons (Fsp3) is 0.600. The fourth-order valence-corrected chi connectivity index (χ4v) is 3.81. The summed E-state index contributed by atoms with van der Waals surface area (Å²) in [5.74, 6) is 2.19. The molecular formula is C15H23NOS. The second-order valence-corrected chi connectivity index (χ2v) is 6.51. The van der Waals surface area contributed by atoms with Gasteiger partial charge < -0.3 is 5.11 Å². The molecule has 100 valence electrons. The van der Waals surface area contributed by atoms with Crippen LogP contribution in [-0.2, 0) is 0 Å². The maximum atomic E-state index is 10.7. The van der Waals surface area contributed by atoms with Gasteiger partial charge in [0.05, 0.1) is 6.10 Å². The van der Waals surface area contributed by atoms with E-state index in [-0.39, 0.29) is 12.1 Å². The van der Waals surface area contributed by atoms with E-state index in [0.29, 0.717) is 0 Å². The third-order valence-corrected chi connectivity index (χ3v) is 5.06. The minimum Gasteiger partial charge on any atom is -0.387 e. The van der Waals surface area contributed by atoms with Crippen LogP contribution < -0.4 is 0 Å². The lowest BCUT2D eigenvalue weighted by atomic mass is 9.93. The van der Waals surface area contributed by atoms with Gasteiger partial charge in [0.15, 0.2) is 0 Å². The SMILES string of the molecule is Cc1cc(C)c(C(O)C2CSCCN2C)cc1C. The van der Waals surface area contributed by atoms with Gasteiger partial charge in [0.1, 0.15) is 0 Å². The maximum absolute atomic E-state index is 10.7. The van der Waals surface area contributed by atoms with Crippen molar-refractivity contribution in [2.45, 2.75) is 32.9 Å². The molecule has 18 heavy (non-hydrogen) atoms. The molecule has 1 aliphatic rings. The van der Waals surface area contributed by atoms with Crippen molar-refractivity contribution in [3.63, 3.8) is 0 Å². The quantitative estimate of drug-likeness (QED) is 0.889. The molecule has 1 saturated heterocycles. The summed E-state index contributed by atoms with van der Waals surface area (Å²) in [5.41, 5.74) is 4.86. The Balaban J connectivity index is 2.27. The molecule has 0 spiro atoms. The minimum absolute atomic E-state index is 0.240. The third kappa shape index (κ3) is 2.73. The summed E-state index contributed by atoms with van der Waals surface area (Å²) >= 11 is 1.94. The minimum atomic E-state index is -0.373. The standard InChI is InChI=1S/C15H23NOS/c1-10-7-12(3)13(8-11(10)2)15(17)14-9-18-6-5-16(14)4/h7-8,14-15,17H,5-6,9H2,1-4H3. The Kier molecular flexibility index (Phi) is 4.36. The van der Waals surface area contributed by atoms with E-state index in [2.05, 4.69) is 44.9 Å². The zero-order valence-corrected chi connectivity index (χ0v) is 12.5. The predicted molar refractivity (Wildman–Crippen MR) is 79.4 cm³/mol. The van der Waals surface area contributed by atoms with Crippen LogP contribution in [0.4, 0.5) is 0 Å². The molecule has 1 aromatic carbocycles. The van der Waals surface area contributed by atoms with Crippen molar-refractivity contribution < 1.29 is 5.11 Å². The van der Waals surface area contributed by atoms with Crippen LogP contribution in [0.25, 0.3) is 0 Å². The summed E-state index contributed by atoms with van der Waals surface area (Å²) in [6, 6.07) is 4.58. The first-order valence-electron chi connectivity index (χ1n) is 6.54. The van der Waals surface area contributed by atoms with Gasteiger partial charge >= 0.3 is 0 Å². The largest absolute Gasteiger partial charge is 0.387 e. The molecule has 2 atom stereocenters. The van der Waals surface area contributed by atoms with Gasteiger partial charge in [-0.3, -0.25) is 4.90 Å². The number of aliphatic hydroxyl groups excluding tert-OH is 1. The van der Waals surface area contributed by atoms with E-state index in [1.165, 1.54) is 22.4 Å². The van der Waals surface area contributed by atoms with Crippen LogP contribution in [0, 0.1) is 20.8 Å².